The number of rotatable bonds is 6. The van der Waals surface area contributed by atoms with Crippen molar-refractivity contribution < 1.29 is 9.59 Å². The number of aromatic nitrogens is 2. The molecule has 2 heterocycles. The molecule has 31 heavy (non-hydrogen) atoms. The minimum Gasteiger partial charge on any atom is -0.334 e. The fraction of sp³-hybridized carbons (Fsp3) is 0.217. The second-order valence-corrected chi connectivity index (χ2v) is 7.81. The molecule has 1 aromatic heterocycles. The minimum absolute atomic E-state index is 0.117. The Labute approximate surface area is 184 Å². The molecule has 8 heteroatoms. The first kappa shape index (κ1) is 20.8. The molecule has 1 N–H and O–H groups in total. The van der Waals surface area contributed by atoms with Gasteiger partial charge in [0.05, 0.1) is 17.4 Å². The highest BCUT2D eigenvalue weighted by atomic mass is 35.5. The summed E-state index contributed by atoms with van der Waals surface area (Å²) in [6.07, 6.45) is 0.713. The second-order valence-electron chi connectivity index (χ2n) is 7.37. The lowest BCUT2D eigenvalue weighted by molar-refractivity contribution is -0.132. The van der Waals surface area contributed by atoms with E-state index in [2.05, 4.69) is 16.5 Å². The quantitative estimate of drug-likeness (QED) is 0.641. The van der Waals surface area contributed by atoms with Crippen LogP contribution in [0.2, 0.25) is 5.02 Å². The molecule has 0 saturated heterocycles. The monoisotopic (exact) mass is 436 g/mol. The van der Waals surface area contributed by atoms with Crippen LogP contribution in [-0.4, -0.2) is 44.7 Å². The van der Waals surface area contributed by atoms with Crippen molar-refractivity contribution in [3.8, 4) is 0 Å². The number of carbonyl (C=O) groups is 2. The molecule has 1 aliphatic heterocycles. The van der Waals surface area contributed by atoms with Crippen LogP contribution >= 0.6 is 11.6 Å². The Hall–Kier alpha value is -3.45. The zero-order chi connectivity index (χ0) is 22.1. The van der Waals surface area contributed by atoms with E-state index < -0.39 is 0 Å². The van der Waals surface area contributed by atoms with Gasteiger partial charge in [-0.3, -0.25) is 19.3 Å². The third-order valence-electron chi connectivity index (χ3n) is 5.24. The third kappa shape index (κ3) is 3.96. The Bertz CT molecular complexity index is 1230. The number of hydrogen-bond donors (Lipinski definition) is 1. The van der Waals surface area contributed by atoms with E-state index in [0.29, 0.717) is 46.0 Å². The molecule has 7 nitrogen and oxygen atoms in total. The molecular weight excluding hydrogens is 416 g/mol. The number of carbonyl (C=O) groups excluding carboxylic acids is 2. The standard InChI is InChI=1S/C23H21ClN4O3/c1-3-10-27(12-20-25-19-11-15(24)8-9-18(19)22(30)26-20)21(29)13-28-14(2)16-6-4-5-7-17(16)23(28)31/h4-9,11H,2-3,10,12-13H2,1H3,(H,25,26,30). The van der Waals surface area contributed by atoms with E-state index in [9.17, 15) is 14.4 Å². The smallest absolute Gasteiger partial charge is 0.259 e. The highest BCUT2D eigenvalue weighted by Crippen LogP contribution is 2.31. The Morgan fingerprint density at radius 2 is 1.94 bits per heavy atom. The molecular formula is C23H21ClN4O3. The van der Waals surface area contributed by atoms with Gasteiger partial charge < -0.3 is 9.88 Å². The van der Waals surface area contributed by atoms with Gasteiger partial charge in [0.2, 0.25) is 5.91 Å². The number of halogens is 1. The number of H-pyrrole nitrogens is 1. The highest BCUT2D eigenvalue weighted by Gasteiger charge is 2.33. The normalized spacial score (nSPS) is 13.0. The summed E-state index contributed by atoms with van der Waals surface area (Å²) in [5.41, 5.74) is 1.96. The molecule has 0 bridgehead atoms. The van der Waals surface area contributed by atoms with Crippen LogP contribution < -0.4 is 5.56 Å². The summed E-state index contributed by atoms with van der Waals surface area (Å²) in [6, 6.07) is 12.0. The van der Waals surface area contributed by atoms with Crippen molar-refractivity contribution in [1.29, 1.82) is 0 Å². The maximum absolute atomic E-state index is 13.1. The summed E-state index contributed by atoms with van der Waals surface area (Å²) in [4.78, 5) is 48.4. The van der Waals surface area contributed by atoms with Crippen LogP contribution in [0.3, 0.4) is 0 Å². The molecule has 3 aromatic rings. The maximum atomic E-state index is 13.1. The van der Waals surface area contributed by atoms with Crippen molar-refractivity contribution >= 4 is 40.0 Å². The molecule has 2 aromatic carbocycles. The fourth-order valence-electron chi connectivity index (χ4n) is 3.72. The second kappa shape index (κ2) is 8.35. The van der Waals surface area contributed by atoms with Gasteiger partial charge in [0.25, 0.3) is 11.5 Å². The molecule has 0 radical (unpaired) electrons. The van der Waals surface area contributed by atoms with Crippen LogP contribution in [0.4, 0.5) is 0 Å². The van der Waals surface area contributed by atoms with Crippen LogP contribution in [-0.2, 0) is 11.3 Å². The molecule has 0 saturated carbocycles. The third-order valence-corrected chi connectivity index (χ3v) is 5.47. The summed E-state index contributed by atoms with van der Waals surface area (Å²) in [5.74, 6) is -0.133. The van der Waals surface area contributed by atoms with Crippen molar-refractivity contribution in [1.82, 2.24) is 19.8 Å². The van der Waals surface area contributed by atoms with Gasteiger partial charge in [-0.15, -0.1) is 0 Å². The van der Waals surface area contributed by atoms with E-state index >= 15 is 0 Å². The van der Waals surface area contributed by atoms with Crippen LogP contribution in [0.15, 0.2) is 53.8 Å². The zero-order valence-corrected chi connectivity index (χ0v) is 17.8. The Balaban J connectivity index is 1.56. The van der Waals surface area contributed by atoms with Gasteiger partial charge in [0, 0.05) is 28.4 Å². The number of hydrogen-bond acceptors (Lipinski definition) is 4. The first-order valence-corrected chi connectivity index (χ1v) is 10.3. The van der Waals surface area contributed by atoms with Gasteiger partial charge in [-0.05, 0) is 30.7 Å². The lowest BCUT2D eigenvalue weighted by Gasteiger charge is -2.25. The molecule has 0 atom stereocenters. The average molecular weight is 437 g/mol. The summed E-state index contributed by atoms with van der Waals surface area (Å²) in [6.45, 7) is 6.38. The van der Waals surface area contributed by atoms with Crippen molar-refractivity contribution in [2.45, 2.75) is 19.9 Å². The highest BCUT2D eigenvalue weighted by molar-refractivity contribution is 6.31. The molecule has 0 unspecified atom stereocenters. The largest absolute Gasteiger partial charge is 0.334 e. The van der Waals surface area contributed by atoms with E-state index in [0.717, 1.165) is 5.56 Å². The topological polar surface area (TPSA) is 86.4 Å². The van der Waals surface area contributed by atoms with Gasteiger partial charge in [-0.2, -0.15) is 0 Å². The number of nitrogens with one attached hydrogen (secondary N) is 1. The number of benzene rings is 2. The lowest BCUT2D eigenvalue weighted by atomic mass is 10.1. The summed E-state index contributed by atoms with van der Waals surface area (Å²) in [5, 5.41) is 0.905. The van der Waals surface area contributed by atoms with Gasteiger partial charge >= 0.3 is 0 Å². The summed E-state index contributed by atoms with van der Waals surface area (Å²) < 4.78 is 0. The Morgan fingerprint density at radius 3 is 2.65 bits per heavy atom. The number of nitrogens with zero attached hydrogens (tertiary/aromatic N) is 3. The zero-order valence-electron chi connectivity index (χ0n) is 17.0. The van der Waals surface area contributed by atoms with Crippen LogP contribution in [0, 0.1) is 0 Å². The maximum Gasteiger partial charge on any atom is 0.259 e. The van der Waals surface area contributed by atoms with Gasteiger partial charge in [0.15, 0.2) is 0 Å². The molecule has 0 spiro atoms. The van der Waals surface area contributed by atoms with Gasteiger partial charge in [0.1, 0.15) is 12.4 Å². The SMILES string of the molecule is C=C1c2ccccc2C(=O)N1CC(=O)N(CCC)Cc1nc2cc(Cl)ccc2c(=O)[nH]1. The predicted molar refractivity (Wildman–Crippen MR) is 120 cm³/mol. The van der Waals surface area contributed by atoms with Crippen LogP contribution in [0.25, 0.3) is 16.6 Å². The fourth-order valence-corrected chi connectivity index (χ4v) is 3.88. The first-order chi connectivity index (χ1) is 14.9. The lowest BCUT2D eigenvalue weighted by Crippen LogP contribution is -2.40. The van der Waals surface area contributed by atoms with Crippen molar-refractivity contribution in [2.75, 3.05) is 13.1 Å². The van der Waals surface area contributed by atoms with Crippen molar-refractivity contribution in [3.05, 3.63) is 81.4 Å². The first-order valence-electron chi connectivity index (χ1n) is 9.95. The van der Waals surface area contributed by atoms with E-state index in [1.807, 2.05) is 19.1 Å². The molecule has 1 aliphatic rings. The Kier molecular flexibility index (Phi) is 5.61. The van der Waals surface area contributed by atoms with Gasteiger partial charge in [-0.1, -0.05) is 43.3 Å². The minimum atomic E-state index is -0.292. The summed E-state index contributed by atoms with van der Waals surface area (Å²) in [7, 11) is 0. The molecule has 158 valence electrons. The summed E-state index contributed by atoms with van der Waals surface area (Å²) >= 11 is 6.03. The van der Waals surface area contributed by atoms with Crippen LogP contribution in [0.1, 0.15) is 35.1 Å². The van der Waals surface area contributed by atoms with Gasteiger partial charge in [-0.25, -0.2) is 4.98 Å². The molecule has 0 aliphatic carbocycles. The predicted octanol–water partition coefficient (Wildman–Crippen LogP) is 3.44. The van der Waals surface area contributed by atoms with E-state index in [4.69, 9.17) is 11.6 Å². The Morgan fingerprint density at radius 1 is 1.19 bits per heavy atom. The molecule has 4 rings (SSSR count). The van der Waals surface area contributed by atoms with Crippen molar-refractivity contribution in [2.24, 2.45) is 0 Å². The van der Waals surface area contributed by atoms with E-state index in [-0.39, 0.29) is 30.5 Å². The average Bonchev–Trinajstić information content (AvgIpc) is 2.98. The van der Waals surface area contributed by atoms with Crippen LogP contribution in [0.5, 0.6) is 0 Å². The number of amides is 2. The number of fused-ring (bicyclic) bond motifs is 2. The number of aromatic amines is 1. The molecule has 2 amide bonds. The van der Waals surface area contributed by atoms with E-state index in [1.54, 1.807) is 35.2 Å². The van der Waals surface area contributed by atoms with Crippen molar-refractivity contribution in [3.63, 3.8) is 0 Å². The molecule has 0 fully saturated rings. The van der Waals surface area contributed by atoms with E-state index in [1.165, 1.54) is 4.90 Å².